The molecule has 19 heavy (non-hydrogen) atoms. The second-order valence-corrected chi connectivity index (χ2v) is 7.29. The van der Waals surface area contributed by atoms with E-state index in [2.05, 4.69) is 4.98 Å². The molecule has 0 N–H and O–H groups in total. The molecular weight excluding hydrogens is 261 g/mol. The van der Waals surface area contributed by atoms with Crippen molar-refractivity contribution >= 4 is 23.5 Å². The molecule has 6 heteroatoms. The SMILES string of the molecule is CS(=O)Cc1cccc(B2OC(C)(C)C(C)(C)O2)n1. The minimum Gasteiger partial charge on any atom is -0.398 e. The molecule has 1 aromatic heterocycles. The van der Waals surface area contributed by atoms with Gasteiger partial charge in [-0.05, 0) is 39.8 Å². The van der Waals surface area contributed by atoms with Crippen LogP contribution in [0.25, 0.3) is 0 Å². The second-order valence-electron chi connectivity index (χ2n) is 5.86. The number of pyridine rings is 1. The van der Waals surface area contributed by atoms with Crippen molar-refractivity contribution in [3.05, 3.63) is 23.9 Å². The lowest BCUT2D eigenvalue weighted by Crippen LogP contribution is -2.41. The molecule has 1 aliphatic rings. The van der Waals surface area contributed by atoms with Crippen LogP contribution in [0.5, 0.6) is 0 Å². The molecule has 1 fully saturated rings. The molecular formula is C13H20BNO3S. The highest BCUT2D eigenvalue weighted by molar-refractivity contribution is 7.83. The molecule has 104 valence electrons. The van der Waals surface area contributed by atoms with Crippen LogP contribution in [-0.4, -0.2) is 33.8 Å². The highest BCUT2D eigenvalue weighted by Gasteiger charge is 2.52. The maximum atomic E-state index is 11.3. The highest BCUT2D eigenvalue weighted by atomic mass is 32.2. The molecule has 2 heterocycles. The summed E-state index contributed by atoms with van der Waals surface area (Å²) in [6.07, 6.45) is 1.67. The molecule has 0 saturated carbocycles. The summed E-state index contributed by atoms with van der Waals surface area (Å²) in [5.74, 6) is 0.452. The summed E-state index contributed by atoms with van der Waals surface area (Å²) >= 11 is 0. The summed E-state index contributed by atoms with van der Waals surface area (Å²) in [4.78, 5) is 4.48. The number of nitrogens with zero attached hydrogens (tertiary/aromatic N) is 1. The third-order valence-corrected chi connectivity index (χ3v) is 4.38. The fourth-order valence-electron chi connectivity index (χ4n) is 1.88. The lowest BCUT2D eigenvalue weighted by atomic mass is 9.84. The first-order valence-corrected chi connectivity index (χ1v) is 8.05. The second kappa shape index (κ2) is 5.00. The van der Waals surface area contributed by atoms with E-state index in [1.165, 1.54) is 0 Å². The van der Waals surface area contributed by atoms with Gasteiger partial charge in [0.1, 0.15) is 0 Å². The smallest absolute Gasteiger partial charge is 0.398 e. The Balaban J connectivity index is 2.22. The van der Waals surface area contributed by atoms with E-state index in [4.69, 9.17) is 9.31 Å². The number of hydrogen-bond acceptors (Lipinski definition) is 4. The average molecular weight is 281 g/mol. The zero-order valence-corrected chi connectivity index (χ0v) is 12.9. The van der Waals surface area contributed by atoms with Gasteiger partial charge in [-0.15, -0.1) is 0 Å². The third kappa shape index (κ3) is 3.07. The van der Waals surface area contributed by atoms with Crippen molar-refractivity contribution in [2.45, 2.75) is 44.6 Å². The van der Waals surface area contributed by atoms with Gasteiger partial charge in [0, 0.05) is 17.1 Å². The largest absolute Gasteiger partial charge is 0.514 e. The van der Waals surface area contributed by atoms with Gasteiger partial charge in [-0.1, -0.05) is 6.07 Å². The van der Waals surface area contributed by atoms with Crippen molar-refractivity contribution < 1.29 is 13.5 Å². The Morgan fingerprint density at radius 2 is 1.79 bits per heavy atom. The number of hydrogen-bond donors (Lipinski definition) is 0. The predicted molar refractivity (Wildman–Crippen MR) is 77.7 cm³/mol. The van der Waals surface area contributed by atoms with Gasteiger partial charge in [-0.25, -0.2) is 0 Å². The van der Waals surface area contributed by atoms with E-state index in [1.54, 1.807) is 6.26 Å². The van der Waals surface area contributed by atoms with Crippen molar-refractivity contribution in [2.75, 3.05) is 6.26 Å². The van der Waals surface area contributed by atoms with Crippen LogP contribution in [0.3, 0.4) is 0 Å². The van der Waals surface area contributed by atoms with Gasteiger partial charge >= 0.3 is 7.12 Å². The zero-order valence-electron chi connectivity index (χ0n) is 12.1. The molecule has 1 aromatic rings. The topological polar surface area (TPSA) is 48.4 Å². The quantitative estimate of drug-likeness (QED) is 0.783. The standard InChI is InChI=1S/C13H20BNO3S/c1-12(2)13(3,4)18-14(17-12)11-8-6-7-10(15-11)9-19(5)16/h6-8H,9H2,1-5H3. The lowest BCUT2D eigenvalue weighted by Gasteiger charge is -2.32. The van der Waals surface area contributed by atoms with Crippen LogP contribution in [0.2, 0.25) is 0 Å². The third-order valence-electron chi connectivity index (χ3n) is 3.67. The summed E-state index contributed by atoms with van der Waals surface area (Å²) in [6, 6.07) is 5.65. The van der Waals surface area contributed by atoms with Gasteiger partial charge in [0.25, 0.3) is 0 Å². The first-order chi connectivity index (χ1) is 8.71. The van der Waals surface area contributed by atoms with E-state index in [0.717, 1.165) is 11.3 Å². The molecule has 1 atom stereocenters. The van der Waals surface area contributed by atoms with Gasteiger partial charge in [-0.3, -0.25) is 9.19 Å². The van der Waals surface area contributed by atoms with Crippen molar-refractivity contribution in [1.29, 1.82) is 0 Å². The average Bonchev–Trinajstić information content (AvgIpc) is 2.47. The molecule has 0 radical (unpaired) electrons. The Hall–Kier alpha value is -0.715. The Morgan fingerprint density at radius 1 is 1.21 bits per heavy atom. The minimum atomic E-state index is -0.901. The van der Waals surface area contributed by atoms with Crippen LogP contribution in [-0.2, 0) is 25.9 Å². The normalized spacial score (nSPS) is 22.5. The van der Waals surface area contributed by atoms with E-state index in [-0.39, 0.29) is 11.2 Å². The van der Waals surface area contributed by atoms with Gasteiger partial charge in [0.2, 0.25) is 0 Å². The molecule has 1 saturated heterocycles. The summed E-state index contributed by atoms with van der Waals surface area (Å²) in [6.45, 7) is 8.05. The molecule has 0 amide bonds. The van der Waals surface area contributed by atoms with Crippen LogP contribution in [0.4, 0.5) is 0 Å². The highest BCUT2D eigenvalue weighted by Crippen LogP contribution is 2.36. The van der Waals surface area contributed by atoms with Crippen LogP contribution < -0.4 is 5.59 Å². The van der Waals surface area contributed by atoms with E-state index in [0.29, 0.717) is 5.75 Å². The molecule has 1 aliphatic heterocycles. The molecule has 1 unspecified atom stereocenters. The fourth-order valence-corrected chi connectivity index (χ4v) is 2.46. The first kappa shape index (κ1) is 14.7. The Bertz CT molecular complexity index is 488. The zero-order chi connectivity index (χ0) is 14.3. The predicted octanol–water partition coefficient (Wildman–Crippen LogP) is 1.26. The Kier molecular flexibility index (Phi) is 3.86. The summed E-state index contributed by atoms with van der Waals surface area (Å²) in [5, 5.41) is 0. The van der Waals surface area contributed by atoms with Gasteiger partial charge < -0.3 is 9.31 Å². The maximum Gasteiger partial charge on any atom is 0.514 e. The lowest BCUT2D eigenvalue weighted by molar-refractivity contribution is 0.00578. The molecule has 0 bridgehead atoms. The monoisotopic (exact) mass is 281 g/mol. The Labute approximate surface area is 117 Å². The van der Waals surface area contributed by atoms with Crippen LogP contribution in [0, 0.1) is 0 Å². The molecule has 0 aromatic carbocycles. The maximum absolute atomic E-state index is 11.3. The minimum absolute atomic E-state index is 0.372. The van der Waals surface area contributed by atoms with Gasteiger partial charge in [0.05, 0.1) is 28.2 Å². The Morgan fingerprint density at radius 3 is 2.32 bits per heavy atom. The van der Waals surface area contributed by atoms with Crippen molar-refractivity contribution in [3.63, 3.8) is 0 Å². The van der Waals surface area contributed by atoms with Gasteiger partial charge in [0.15, 0.2) is 0 Å². The summed E-state index contributed by atoms with van der Waals surface area (Å²) in [5.41, 5.74) is 0.793. The van der Waals surface area contributed by atoms with E-state index in [1.807, 2.05) is 45.9 Å². The van der Waals surface area contributed by atoms with E-state index in [9.17, 15) is 4.21 Å². The van der Waals surface area contributed by atoms with Crippen LogP contribution >= 0.6 is 0 Å². The fraction of sp³-hybridized carbons (Fsp3) is 0.615. The molecule has 0 aliphatic carbocycles. The molecule has 2 rings (SSSR count). The summed E-state index contributed by atoms with van der Waals surface area (Å²) < 4.78 is 23.2. The van der Waals surface area contributed by atoms with Crippen molar-refractivity contribution in [3.8, 4) is 0 Å². The van der Waals surface area contributed by atoms with Gasteiger partial charge in [-0.2, -0.15) is 0 Å². The van der Waals surface area contributed by atoms with Crippen molar-refractivity contribution in [1.82, 2.24) is 4.98 Å². The number of rotatable bonds is 3. The molecule has 4 nitrogen and oxygen atoms in total. The molecule has 0 spiro atoms. The van der Waals surface area contributed by atoms with Crippen LogP contribution in [0.1, 0.15) is 33.4 Å². The first-order valence-electron chi connectivity index (χ1n) is 6.33. The number of aromatic nitrogens is 1. The van der Waals surface area contributed by atoms with E-state index < -0.39 is 17.9 Å². The van der Waals surface area contributed by atoms with Crippen LogP contribution in [0.15, 0.2) is 18.2 Å². The van der Waals surface area contributed by atoms with E-state index >= 15 is 0 Å². The summed E-state index contributed by atoms with van der Waals surface area (Å²) in [7, 11) is -1.36. The van der Waals surface area contributed by atoms with Crippen molar-refractivity contribution in [2.24, 2.45) is 0 Å².